The van der Waals surface area contributed by atoms with Crippen LogP contribution >= 0.6 is 0 Å². The molecular formula is C27H35N5O. The van der Waals surface area contributed by atoms with Crippen LogP contribution in [0.1, 0.15) is 56.0 Å². The minimum Gasteiger partial charge on any atom is -0.346 e. The normalized spacial score (nSPS) is 15.2. The van der Waals surface area contributed by atoms with Gasteiger partial charge in [0, 0.05) is 39.0 Å². The first-order valence-electron chi connectivity index (χ1n) is 12.0. The summed E-state index contributed by atoms with van der Waals surface area (Å²) in [6.07, 6.45) is 1.33. The molecule has 0 fully saturated rings. The minimum absolute atomic E-state index is 0.0513. The van der Waals surface area contributed by atoms with Gasteiger partial charge in [-0.15, -0.1) is 10.2 Å². The molecule has 0 spiro atoms. The lowest BCUT2D eigenvalue weighted by molar-refractivity contribution is -0.121. The van der Waals surface area contributed by atoms with Crippen molar-refractivity contribution >= 4 is 5.91 Å². The fourth-order valence-electron chi connectivity index (χ4n) is 4.53. The molecule has 2 aromatic carbocycles. The fourth-order valence-corrected chi connectivity index (χ4v) is 4.53. The van der Waals surface area contributed by atoms with Crippen molar-refractivity contribution in [3.63, 3.8) is 0 Å². The smallest absolute Gasteiger partial charge is 0.220 e. The molecule has 1 aliphatic rings. The number of aromatic nitrogens is 3. The molecule has 1 aliphatic heterocycles. The van der Waals surface area contributed by atoms with Gasteiger partial charge in [-0.25, -0.2) is 0 Å². The largest absolute Gasteiger partial charge is 0.346 e. The van der Waals surface area contributed by atoms with Crippen molar-refractivity contribution in [2.75, 3.05) is 13.1 Å². The highest BCUT2D eigenvalue weighted by Gasteiger charge is 2.27. The average molecular weight is 446 g/mol. The van der Waals surface area contributed by atoms with Crippen molar-refractivity contribution in [3.05, 3.63) is 71.3 Å². The Bertz CT molecular complexity index is 1090. The van der Waals surface area contributed by atoms with Gasteiger partial charge in [0.25, 0.3) is 0 Å². The first kappa shape index (κ1) is 23.2. The second-order valence-corrected chi connectivity index (χ2v) is 9.31. The van der Waals surface area contributed by atoms with E-state index < -0.39 is 0 Å². The molecule has 3 aromatic rings. The highest BCUT2D eigenvalue weighted by molar-refractivity contribution is 5.76. The first-order valence-corrected chi connectivity index (χ1v) is 12.0. The Morgan fingerprint density at radius 1 is 1.03 bits per heavy atom. The van der Waals surface area contributed by atoms with Crippen molar-refractivity contribution in [1.29, 1.82) is 0 Å². The molecule has 0 unspecified atom stereocenters. The number of nitrogens with one attached hydrogen (secondary N) is 1. The van der Waals surface area contributed by atoms with Gasteiger partial charge in [0.05, 0.1) is 6.04 Å². The Kier molecular flexibility index (Phi) is 7.23. The number of fused-ring (bicyclic) bond motifs is 1. The Labute approximate surface area is 197 Å². The van der Waals surface area contributed by atoms with Crippen LogP contribution in [0.25, 0.3) is 11.1 Å². The maximum atomic E-state index is 12.1. The predicted molar refractivity (Wildman–Crippen MR) is 132 cm³/mol. The number of aryl methyl sites for hydroxylation is 1. The van der Waals surface area contributed by atoms with Gasteiger partial charge in [-0.3, -0.25) is 9.69 Å². The number of rotatable bonds is 7. The van der Waals surface area contributed by atoms with Gasteiger partial charge in [0.1, 0.15) is 5.82 Å². The molecule has 174 valence electrons. The van der Waals surface area contributed by atoms with E-state index in [0.717, 1.165) is 44.2 Å². The molecule has 1 aromatic heterocycles. The molecule has 2 heterocycles. The van der Waals surface area contributed by atoms with E-state index in [1.165, 1.54) is 22.3 Å². The van der Waals surface area contributed by atoms with Crippen LogP contribution in [0.2, 0.25) is 0 Å². The Morgan fingerprint density at radius 2 is 1.79 bits per heavy atom. The third-order valence-electron chi connectivity index (χ3n) is 6.55. The summed E-state index contributed by atoms with van der Waals surface area (Å²) < 4.78 is 2.22. The molecule has 0 saturated carbocycles. The number of hydrogen-bond acceptors (Lipinski definition) is 4. The summed E-state index contributed by atoms with van der Waals surface area (Å²) in [7, 11) is 0. The molecule has 1 amide bonds. The summed E-state index contributed by atoms with van der Waals surface area (Å²) >= 11 is 0. The van der Waals surface area contributed by atoms with E-state index in [-0.39, 0.29) is 17.9 Å². The molecule has 33 heavy (non-hydrogen) atoms. The summed E-state index contributed by atoms with van der Waals surface area (Å²) in [4.78, 5) is 14.6. The number of nitrogens with zero attached hydrogens (tertiary/aromatic N) is 4. The molecule has 0 bridgehead atoms. The number of benzene rings is 2. The number of amides is 1. The summed E-state index contributed by atoms with van der Waals surface area (Å²) in [5.74, 6) is 2.19. The van der Waals surface area contributed by atoms with Crippen LogP contribution in [0.15, 0.2) is 48.5 Å². The molecule has 1 atom stereocenters. The zero-order chi connectivity index (χ0) is 23.4. The van der Waals surface area contributed by atoms with E-state index in [4.69, 9.17) is 0 Å². The summed E-state index contributed by atoms with van der Waals surface area (Å²) in [5.41, 5.74) is 5.17. The maximum Gasteiger partial charge on any atom is 0.220 e. The molecule has 0 aliphatic carbocycles. The molecule has 6 nitrogen and oxygen atoms in total. The van der Waals surface area contributed by atoms with Gasteiger partial charge in [-0.05, 0) is 35.1 Å². The molecule has 0 saturated heterocycles. The van der Waals surface area contributed by atoms with Gasteiger partial charge in [0.2, 0.25) is 5.91 Å². The Morgan fingerprint density at radius 3 is 2.48 bits per heavy atom. The van der Waals surface area contributed by atoms with Crippen LogP contribution in [0.4, 0.5) is 0 Å². The molecule has 6 heteroatoms. The minimum atomic E-state index is -0.112. The molecular weight excluding hydrogens is 410 g/mol. The van der Waals surface area contributed by atoms with Crippen molar-refractivity contribution in [3.8, 4) is 11.1 Å². The molecule has 4 rings (SSSR count). The van der Waals surface area contributed by atoms with Gasteiger partial charge >= 0.3 is 0 Å². The number of carbonyl (C=O) groups excluding carboxylic acids is 1. The Hall–Kier alpha value is -2.99. The highest BCUT2D eigenvalue weighted by atomic mass is 16.1. The van der Waals surface area contributed by atoms with Gasteiger partial charge in [-0.1, -0.05) is 69.3 Å². The van der Waals surface area contributed by atoms with Crippen molar-refractivity contribution < 1.29 is 4.79 Å². The summed E-state index contributed by atoms with van der Waals surface area (Å²) in [6, 6.07) is 17.3. The van der Waals surface area contributed by atoms with Gasteiger partial charge in [-0.2, -0.15) is 0 Å². The maximum absolute atomic E-state index is 12.1. The zero-order valence-corrected chi connectivity index (χ0v) is 20.2. The quantitative estimate of drug-likeness (QED) is 0.580. The van der Waals surface area contributed by atoms with E-state index in [1.54, 1.807) is 0 Å². The lowest BCUT2D eigenvalue weighted by atomic mass is 9.99. The number of carbonyl (C=O) groups is 1. The average Bonchev–Trinajstić information content (AvgIpc) is 3.11. The molecule has 1 N–H and O–H groups in total. The number of hydrogen-bond donors (Lipinski definition) is 1. The van der Waals surface area contributed by atoms with Crippen LogP contribution < -0.4 is 5.32 Å². The standard InChI is InChI=1S/C27H35N5O/c1-5-25(33)28-26(19(2)3)27-30-29-24-14-15-31(16-17-32(24)27)18-21-10-12-22(13-11-21)23-9-7-6-8-20(23)4/h6-13,19,26H,5,14-18H2,1-4H3,(H,28,33)/t26-/m0/s1. The Balaban J connectivity index is 1.43. The second-order valence-electron chi connectivity index (χ2n) is 9.31. The summed E-state index contributed by atoms with van der Waals surface area (Å²) in [6.45, 7) is 11.9. The monoisotopic (exact) mass is 445 g/mol. The van der Waals surface area contributed by atoms with E-state index >= 15 is 0 Å². The fraction of sp³-hybridized carbons (Fsp3) is 0.444. The van der Waals surface area contributed by atoms with Gasteiger partial charge < -0.3 is 9.88 Å². The topological polar surface area (TPSA) is 63.1 Å². The lowest BCUT2D eigenvalue weighted by Crippen LogP contribution is -2.34. The van der Waals surface area contributed by atoms with Crippen LogP contribution in [0, 0.1) is 12.8 Å². The lowest BCUT2D eigenvalue weighted by Gasteiger charge is -2.23. The van der Waals surface area contributed by atoms with Crippen LogP contribution in [-0.2, 0) is 24.3 Å². The highest BCUT2D eigenvalue weighted by Crippen LogP contribution is 2.25. The van der Waals surface area contributed by atoms with Gasteiger partial charge in [0.15, 0.2) is 5.82 Å². The SMILES string of the molecule is CCC(=O)N[C@H](c1nnc2n1CCN(Cc1ccc(-c3ccccc3C)cc1)CC2)C(C)C. The molecule has 0 radical (unpaired) electrons. The zero-order valence-electron chi connectivity index (χ0n) is 20.2. The van der Waals surface area contributed by atoms with E-state index in [1.807, 2.05) is 6.92 Å². The van der Waals surface area contributed by atoms with Crippen LogP contribution in [0.5, 0.6) is 0 Å². The van der Waals surface area contributed by atoms with E-state index in [9.17, 15) is 4.79 Å². The third kappa shape index (κ3) is 5.33. The van der Waals surface area contributed by atoms with Crippen LogP contribution in [-0.4, -0.2) is 38.7 Å². The van der Waals surface area contributed by atoms with Crippen LogP contribution in [0.3, 0.4) is 0 Å². The van der Waals surface area contributed by atoms with Crippen molar-refractivity contribution in [2.45, 2.75) is 59.7 Å². The van der Waals surface area contributed by atoms with Crippen molar-refractivity contribution in [1.82, 2.24) is 25.0 Å². The van der Waals surface area contributed by atoms with Crippen molar-refractivity contribution in [2.24, 2.45) is 5.92 Å². The first-order chi connectivity index (χ1) is 16.0. The summed E-state index contributed by atoms with van der Waals surface area (Å²) in [5, 5.41) is 12.1. The second kappa shape index (κ2) is 10.3. The predicted octanol–water partition coefficient (Wildman–Crippen LogP) is 4.54. The third-order valence-corrected chi connectivity index (χ3v) is 6.55. The van der Waals surface area contributed by atoms with E-state index in [2.05, 4.69) is 94.3 Å². The van der Waals surface area contributed by atoms with E-state index in [0.29, 0.717) is 6.42 Å².